The Morgan fingerprint density at radius 2 is 2.17 bits per heavy atom. The van der Waals surface area contributed by atoms with Crippen LogP contribution in [-0.4, -0.2) is 33.3 Å². The summed E-state index contributed by atoms with van der Waals surface area (Å²) >= 11 is 6.14. The van der Waals surface area contributed by atoms with E-state index in [2.05, 4.69) is 16.3 Å². The lowest BCUT2D eigenvalue weighted by Crippen LogP contribution is -2.57. The second kappa shape index (κ2) is 4.32. The van der Waals surface area contributed by atoms with Crippen molar-refractivity contribution >= 4 is 17.3 Å². The van der Waals surface area contributed by atoms with Crippen molar-refractivity contribution in [1.82, 2.24) is 5.32 Å². The molecule has 1 aromatic rings. The van der Waals surface area contributed by atoms with E-state index in [0.29, 0.717) is 5.41 Å². The van der Waals surface area contributed by atoms with Crippen LogP contribution < -0.4 is 15.0 Å². The predicted octanol–water partition coefficient (Wildman–Crippen LogP) is 2.46. The molecule has 3 nitrogen and oxygen atoms in total. The third kappa shape index (κ3) is 1.86. The maximum absolute atomic E-state index is 6.14. The van der Waals surface area contributed by atoms with Crippen LogP contribution in [0.15, 0.2) is 12.1 Å². The van der Waals surface area contributed by atoms with Gasteiger partial charge in [-0.1, -0.05) is 11.6 Å². The van der Waals surface area contributed by atoms with Crippen molar-refractivity contribution in [3.05, 3.63) is 22.7 Å². The number of halogens is 1. The van der Waals surface area contributed by atoms with E-state index < -0.39 is 0 Å². The molecule has 0 amide bonds. The van der Waals surface area contributed by atoms with Crippen molar-refractivity contribution in [2.75, 3.05) is 38.2 Å². The molecule has 0 unspecified atom stereocenters. The molecule has 0 atom stereocenters. The van der Waals surface area contributed by atoms with E-state index in [0.717, 1.165) is 42.5 Å². The number of anilines is 1. The standard InChI is InChI=1S/C14H19ClN2O/c1-10-5-12(13(18-2)6-11(10)15)17-8-14(9-17)3-4-16-7-14/h5-6,16H,3-4,7-9H2,1-2H3. The zero-order valence-electron chi connectivity index (χ0n) is 10.9. The third-order valence-corrected chi connectivity index (χ3v) is 4.59. The van der Waals surface area contributed by atoms with Gasteiger partial charge >= 0.3 is 0 Å². The lowest BCUT2D eigenvalue weighted by Gasteiger charge is -2.49. The van der Waals surface area contributed by atoms with E-state index in [-0.39, 0.29) is 0 Å². The highest BCUT2D eigenvalue weighted by Crippen LogP contribution is 2.43. The number of benzene rings is 1. The first kappa shape index (κ1) is 12.1. The zero-order chi connectivity index (χ0) is 12.8. The highest BCUT2D eigenvalue weighted by Gasteiger charge is 2.45. The lowest BCUT2D eigenvalue weighted by molar-refractivity contribution is 0.241. The molecule has 98 valence electrons. The van der Waals surface area contributed by atoms with E-state index in [1.54, 1.807) is 7.11 Å². The molecule has 0 radical (unpaired) electrons. The molecule has 2 heterocycles. The van der Waals surface area contributed by atoms with Crippen LogP contribution in [-0.2, 0) is 0 Å². The van der Waals surface area contributed by atoms with Crippen LogP contribution in [0.25, 0.3) is 0 Å². The maximum Gasteiger partial charge on any atom is 0.143 e. The molecule has 0 aromatic heterocycles. The van der Waals surface area contributed by atoms with Crippen LogP contribution in [0.1, 0.15) is 12.0 Å². The average molecular weight is 267 g/mol. The summed E-state index contributed by atoms with van der Waals surface area (Å²) in [5.41, 5.74) is 2.79. The van der Waals surface area contributed by atoms with Crippen LogP contribution in [0.5, 0.6) is 5.75 Å². The fourth-order valence-corrected chi connectivity index (χ4v) is 3.21. The Hall–Kier alpha value is -0.930. The summed E-state index contributed by atoms with van der Waals surface area (Å²) in [7, 11) is 1.71. The van der Waals surface area contributed by atoms with Gasteiger partial charge in [-0.15, -0.1) is 0 Å². The molecular formula is C14H19ClN2O. The summed E-state index contributed by atoms with van der Waals surface area (Å²) in [5, 5.41) is 4.23. The van der Waals surface area contributed by atoms with E-state index in [1.807, 2.05) is 13.0 Å². The molecule has 2 aliphatic heterocycles. The molecule has 0 aliphatic carbocycles. The first-order valence-electron chi connectivity index (χ1n) is 6.43. The van der Waals surface area contributed by atoms with Crippen molar-refractivity contribution in [2.24, 2.45) is 5.41 Å². The Morgan fingerprint density at radius 3 is 2.78 bits per heavy atom. The molecule has 0 bridgehead atoms. The Labute approximate surface area is 113 Å². The first-order valence-corrected chi connectivity index (χ1v) is 6.81. The van der Waals surface area contributed by atoms with Gasteiger partial charge in [0.2, 0.25) is 0 Å². The number of rotatable bonds is 2. The number of hydrogen-bond donors (Lipinski definition) is 1. The van der Waals surface area contributed by atoms with Crippen molar-refractivity contribution < 1.29 is 4.74 Å². The molecule has 2 saturated heterocycles. The summed E-state index contributed by atoms with van der Waals surface area (Å²) in [4.78, 5) is 2.40. The number of nitrogens with one attached hydrogen (secondary N) is 1. The molecule has 18 heavy (non-hydrogen) atoms. The summed E-state index contributed by atoms with van der Waals surface area (Å²) in [5.74, 6) is 0.881. The van der Waals surface area contributed by atoms with E-state index in [4.69, 9.17) is 16.3 Å². The van der Waals surface area contributed by atoms with Crippen molar-refractivity contribution in [1.29, 1.82) is 0 Å². The quantitative estimate of drug-likeness (QED) is 0.890. The second-order valence-corrected chi connectivity index (χ2v) is 5.96. The van der Waals surface area contributed by atoms with Crippen LogP contribution in [0.3, 0.4) is 0 Å². The molecule has 2 aliphatic rings. The van der Waals surface area contributed by atoms with Gasteiger partial charge in [0.05, 0.1) is 12.8 Å². The van der Waals surface area contributed by atoms with Gasteiger partial charge < -0.3 is 15.0 Å². The minimum absolute atomic E-state index is 0.499. The number of hydrogen-bond acceptors (Lipinski definition) is 3. The van der Waals surface area contributed by atoms with Crippen LogP contribution in [0, 0.1) is 12.3 Å². The van der Waals surface area contributed by atoms with Crippen molar-refractivity contribution in [2.45, 2.75) is 13.3 Å². The van der Waals surface area contributed by atoms with Crippen LogP contribution in [0.2, 0.25) is 5.02 Å². The molecular weight excluding hydrogens is 248 g/mol. The van der Waals surface area contributed by atoms with E-state index in [1.165, 1.54) is 12.1 Å². The SMILES string of the molecule is COc1cc(Cl)c(C)cc1N1CC2(CCNC2)C1. The zero-order valence-corrected chi connectivity index (χ0v) is 11.7. The smallest absolute Gasteiger partial charge is 0.143 e. The highest BCUT2D eigenvalue weighted by molar-refractivity contribution is 6.31. The minimum Gasteiger partial charge on any atom is -0.495 e. The van der Waals surface area contributed by atoms with Gasteiger partial charge in [-0.05, 0) is 31.5 Å². The van der Waals surface area contributed by atoms with Crippen LogP contribution in [0.4, 0.5) is 5.69 Å². The number of ether oxygens (including phenoxy) is 1. The van der Waals surface area contributed by atoms with Gasteiger partial charge in [0.25, 0.3) is 0 Å². The average Bonchev–Trinajstić information content (AvgIpc) is 2.79. The summed E-state index contributed by atoms with van der Waals surface area (Å²) in [6, 6.07) is 4.06. The van der Waals surface area contributed by atoms with Gasteiger partial charge in [0, 0.05) is 36.1 Å². The fraction of sp³-hybridized carbons (Fsp3) is 0.571. The molecule has 2 fully saturated rings. The van der Waals surface area contributed by atoms with Gasteiger partial charge in [0.1, 0.15) is 5.75 Å². The van der Waals surface area contributed by atoms with Crippen molar-refractivity contribution in [3.8, 4) is 5.75 Å². The number of aryl methyl sites for hydroxylation is 1. The molecule has 1 spiro atoms. The third-order valence-electron chi connectivity index (χ3n) is 4.19. The Balaban J connectivity index is 1.83. The number of nitrogens with zero attached hydrogens (tertiary/aromatic N) is 1. The van der Waals surface area contributed by atoms with E-state index >= 15 is 0 Å². The largest absolute Gasteiger partial charge is 0.495 e. The molecule has 0 saturated carbocycles. The first-order chi connectivity index (χ1) is 8.63. The van der Waals surface area contributed by atoms with Gasteiger partial charge in [-0.25, -0.2) is 0 Å². The van der Waals surface area contributed by atoms with Gasteiger partial charge in [0.15, 0.2) is 0 Å². The Bertz CT molecular complexity index is 461. The normalized spacial score (nSPS) is 21.2. The monoisotopic (exact) mass is 266 g/mol. The molecule has 1 N–H and O–H groups in total. The van der Waals surface area contributed by atoms with Crippen LogP contribution >= 0.6 is 11.6 Å². The number of methoxy groups -OCH3 is 1. The summed E-state index contributed by atoms with van der Waals surface area (Å²) in [6.45, 7) is 6.59. The highest BCUT2D eigenvalue weighted by atomic mass is 35.5. The van der Waals surface area contributed by atoms with Crippen molar-refractivity contribution in [3.63, 3.8) is 0 Å². The molecule has 3 rings (SSSR count). The van der Waals surface area contributed by atoms with Gasteiger partial charge in [-0.3, -0.25) is 0 Å². The predicted molar refractivity (Wildman–Crippen MR) is 74.9 cm³/mol. The molecule has 1 aromatic carbocycles. The maximum atomic E-state index is 6.14. The van der Waals surface area contributed by atoms with Gasteiger partial charge in [-0.2, -0.15) is 0 Å². The summed E-state index contributed by atoms with van der Waals surface area (Å²) < 4.78 is 5.45. The Morgan fingerprint density at radius 1 is 1.39 bits per heavy atom. The van der Waals surface area contributed by atoms with E-state index in [9.17, 15) is 0 Å². The second-order valence-electron chi connectivity index (χ2n) is 5.56. The topological polar surface area (TPSA) is 24.5 Å². The molecule has 4 heteroatoms. The Kier molecular flexibility index (Phi) is 2.91. The summed E-state index contributed by atoms with van der Waals surface area (Å²) in [6.07, 6.45) is 1.29. The minimum atomic E-state index is 0.499. The lowest BCUT2D eigenvalue weighted by atomic mass is 9.78. The fourth-order valence-electron chi connectivity index (χ4n) is 3.06.